The van der Waals surface area contributed by atoms with Crippen molar-refractivity contribution in [3.8, 4) is 5.88 Å². The molecule has 0 aliphatic carbocycles. The first kappa shape index (κ1) is 7.63. The molecule has 72 valence electrons. The summed E-state index contributed by atoms with van der Waals surface area (Å²) in [6.45, 7) is 1.72. The molecule has 14 heavy (non-hydrogen) atoms. The highest BCUT2D eigenvalue weighted by atomic mass is 16.5. The average Bonchev–Trinajstić information content (AvgIpc) is 2.59. The van der Waals surface area contributed by atoms with Gasteiger partial charge in [-0.2, -0.15) is 4.52 Å². The Balaban J connectivity index is 1.97. The Morgan fingerprint density at radius 3 is 3.14 bits per heavy atom. The van der Waals surface area contributed by atoms with Crippen molar-refractivity contribution in [2.24, 2.45) is 0 Å². The molecule has 1 aliphatic rings. The van der Waals surface area contributed by atoms with Crippen LogP contribution in [0.25, 0.3) is 5.65 Å². The van der Waals surface area contributed by atoms with Gasteiger partial charge in [0.2, 0.25) is 11.5 Å². The number of hydrogen-bond donors (Lipinski definition) is 1. The summed E-state index contributed by atoms with van der Waals surface area (Å²) < 4.78 is 7.15. The molecule has 2 aromatic rings. The lowest BCUT2D eigenvalue weighted by atomic mass is 10.2. The third-order valence-electron chi connectivity index (χ3n) is 2.11. The number of rotatable bonds is 2. The van der Waals surface area contributed by atoms with Crippen LogP contribution in [0, 0.1) is 0 Å². The highest BCUT2D eigenvalue weighted by Crippen LogP contribution is 2.12. The third kappa shape index (κ3) is 1.10. The Bertz CT molecular complexity index is 450. The summed E-state index contributed by atoms with van der Waals surface area (Å²) in [6.07, 6.45) is 3.40. The number of nitrogens with zero attached hydrogens (tertiary/aromatic N) is 5. The number of fused-ring (bicyclic) bond motifs is 1. The molecular formula is C7H8N6O. The molecule has 0 radical (unpaired) electrons. The van der Waals surface area contributed by atoms with Gasteiger partial charge in [0, 0.05) is 13.1 Å². The predicted molar refractivity (Wildman–Crippen MR) is 45.9 cm³/mol. The molecule has 1 saturated heterocycles. The van der Waals surface area contributed by atoms with Crippen LogP contribution in [-0.4, -0.2) is 44.2 Å². The van der Waals surface area contributed by atoms with Crippen molar-refractivity contribution in [1.82, 2.24) is 30.3 Å². The SMILES string of the molecule is c1ncc2nnnn2c1OC1CNC1. The maximum Gasteiger partial charge on any atom is 0.237 e. The van der Waals surface area contributed by atoms with E-state index in [2.05, 4.69) is 25.8 Å². The molecule has 7 heteroatoms. The van der Waals surface area contributed by atoms with Gasteiger partial charge in [0.15, 0.2) is 0 Å². The molecule has 0 aromatic carbocycles. The van der Waals surface area contributed by atoms with Crippen LogP contribution in [0.1, 0.15) is 0 Å². The third-order valence-corrected chi connectivity index (χ3v) is 2.11. The van der Waals surface area contributed by atoms with E-state index in [1.54, 1.807) is 12.4 Å². The Kier molecular flexibility index (Phi) is 1.57. The molecule has 2 aromatic heterocycles. The second-order valence-corrected chi connectivity index (χ2v) is 3.09. The predicted octanol–water partition coefficient (Wildman–Crippen LogP) is -1.13. The smallest absolute Gasteiger partial charge is 0.237 e. The molecule has 1 fully saturated rings. The highest BCUT2D eigenvalue weighted by molar-refractivity contribution is 5.34. The first-order valence-corrected chi connectivity index (χ1v) is 4.33. The fraction of sp³-hybridized carbons (Fsp3) is 0.429. The number of tetrazole rings is 1. The Morgan fingerprint density at radius 2 is 2.36 bits per heavy atom. The van der Waals surface area contributed by atoms with Crippen LogP contribution in [0.5, 0.6) is 5.88 Å². The van der Waals surface area contributed by atoms with E-state index in [1.165, 1.54) is 4.52 Å². The minimum atomic E-state index is 0.201. The zero-order valence-corrected chi connectivity index (χ0v) is 7.29. The van der Waals surface area contributed by atoms with Gasteiger partial charge in [-0.05, 0) is 10.4 Å². The van der Waals surface area contributed by atoms with Crippen LogP contribution in [-0.2, 0) is 0 Å². The molecule has 0 atom stereocenters. The zero-order valence-electron chi connectivity index (χ0n) is 7.29. The summed E-state index contributed by atoms with van der Waals surface area (Å²) in [4.78, 5) is 3.99. The molecule has 0 amide bonds. The van der Waals surface area contributed by atoms with Gasteiger partial charge in [-0.1, -0.05) is 0 Å². The standard InChI is InChI=1S/C7H8N6O/c1-5(2-8-1)14-7-4-9-3-6-10-11-12-13(6)7/h3-5,8H,1-2H2. The van der Waals surface area contributed by atoms with E-state index in [0.717, 1.165) is 13.1 Å². The van der Waals surface area contributed by atoms with Crippen molar-refractivity contribution in [3.63, 3.8) is 0 Å². The van der Waals surface area contributed by atoms with E-state index in [1.807, 2.05) is 0 Å². The summed E-state index contributed by atoms with van der Waals surface area (Å²) in [5.74, 6) is 0.582. The quantitative estimate of drug-likeness (QED) is 0.648. The number of ether oxygens (including phenoxy) is 1. The number of nitrogens with one attached hydrogen (secondary N) is 1. The molecule has 0 saturated carbocycles. The maximum absolute atomic E-state index is 5.62. The van der Waals surface area contributed by atoms with Crippen LogP contribution in [0.2, 0.25) is 0 Å². The summed E-state index contributed by atoms with van der Waals surface area (Å²) >= 11 is 0. The first-order chi connectivity index (χ1) is 6.93. The molecule has 1 N–H and O–H groups in total. The van der Waals surface area contributed by atoms with Gasteiger partial charge in [0.25, 0.3) is 0 Å². The highest BCUT2D eigenvalue weighted by Gasteiger charge is 2.19. The molecule has 0 spiro atoms. The Hall–Kier alpha value is -1.76. The second kappa shape index (κ2) is 2.88. The first-order valence-electron chi connectivity index (χ1n) is 4.33. The lowest BCUT2D eigenvalue weighted by Gasteiger charge is -2.27. The van der Waals surface area contributed by atoms with E-state index in [0.29, 0.717) is 11.5 Å². The van der Waals surface area contributed by atoms with Gasteiger partial charge >= 0.3 is 0 Å². The molecular weight excluding hydrogens is 184 g/mol. The second-order valence-electron chi connectivity index (χ2n) is 3.09. The zero-order chi connectivity index (χ0) is 9.38. The van der Waals surface area contributed by atoms with Crippen LogP contribution in [0.15, 0.2) is 12.4 Å². The fourth-order valence-electron chi connectivity index (χ4n) is 1.25. The summed E-state index contributed by atoms with van der Waals surface area (Å²) in [6, 6.07) is 0. The maximum atomic E-state index is 5.62. The summed E-state index contributed by atoms with van der Waals surface area (Å²) in [5, 5.41) is 14.2. The monoisotopic (exact) mass is 192 g/mol. The summed E-state index contributed by atoms with van der Waals surface area (Å²) in [7, 11) is 0. The molecule has 3 heterocycles. The van der Waals surface area contributed by atoms with Gasteiger partial charge in [0.05, 0.1) is 12.4 Å². The van der Waals surface area contributed by atoms with E-state index >= 15 is 0 Å². The molecule has 3 rings (SSSR count). The Labute approximate surface area is 79.1 Å². The molecule has 1 aliphatic heterocycles. The van der Waals surface area contributed by atoms with Crippen molar-refractivity contribution in [2.75, 3.05) is 13.1 Å². The van der Waals surface area contributed by atoms with Gasteiger partial charge in [-0.15, -0.1) is 5.10 Å². The van der Waals surface area contributed by atoms with E-state index < -0.39 is 0 Å². The van der Waals surface area contributed by atoms with Crippen LogP contribution in [0.4, 0.5) is 0 Å². The fourth-order valence-corrected chi connectivity index (χ4v) is 1.25. The molecule has 7 nitrogen and oxygen atoms in total. The van der Waals surface area contributed by atoms with Crippen molar-refractivity contribution >= 4 is 5.65 Å². The van der Waals surface area contributed by atoms with E-state index in [9.17, 15) is 0 Å². The largest absolute Gasteiger partial charge is 0.470 e. The number of hydrogen-bond acceptors (Lipinski definition) is 6. The van der Waals surface area contributed by atoms with Crippen LogP contribution < -0.4 is 10.1 Å². The normalized spacial score (nSPS) is 16.9. The van der Waals surface area contributed by atoms with Crippen molar-refractivity contribution in [3.05, 3.63) is 12.4 Å². The van der Waals surface area contributed by atoms with Gasteiger partial charge in [-0.25, -0.2) is 0 Å². The van der Waals surface area contributed by atoms with Gasteiger partial charge in [0.1, 0.15) is 6.10 Å². The van der Waals surface area contributed by atoms with Crippen molar-refractivity contribution < 1.29 is 4.74 Å². The van der Waals surface area contributed by atoms with E-state index in [4.69, 9.17) is 4.74 Å². The Morgan fingerprint density at radius 1 is 1.43 bits per heavy atom. The molecule has 0 unspecified atom stereocenters. The minimum absolute atomic E-state index is 0.201. The van der Waals surface area contributed by atoms with Gasteiger partial charge in [-0.3, -0.25) is 4.98 Å². The minimum Gasteiger partial charge on any atom is -0.470 e. The topological polar surface area (TPSA) is 77.2 Å². The van der Waals surface area contributed by atoms with Gasteiger partial charge < -0.3 is 10.1 Å². The average molecular weight is 192 g/mol. The summed E-state index contributed by atoms with van der Waals surface area (Å²) in [5.41, 5.74) is 0.592. The van der Waals surface area contributed by atoms with Crippen molar-refractivity contribution in [1.29, 1.82) is 0 Å². The van der Waals surface area contributed by atoms with Crippen LogP contribution >= 0.6 is 0 Å². The number of aromatic nitrogens is 5. The van der Waals surface area contributed by atoms with Crippen molar-refractivity contribution in [2.45, 2.75) is 6.10 Å². The lowest BCUT2D eigenvalue weighted by molar-refractivity contribution is 0.132. The van der Waals surface area contributed by atoms with Crippen LogP contribution in [0.3, 0.4) is 0 Å². The molecule has 0 bridgehead atoms. The van der Waals surface area contributed by atoms with E-state index in [-0.39, 0.29) is 6.10 Å². The lowest BCUT2D eigenvalue weighted by Crippen LogP contribution is -2.50.